The van der Waals surface area contributed by atoms with Crippen LogP contribution in [0.2, 0.25) is 0 Å². The third-order valence-electron chi connectivity index (χ3n) is 12.3. The lowest BCUT2D eigenvalue weighted by Gasteiger charge is -2.11. The Kier molecular flexibility index (Phi) is 7.80. The first-order valence-electron chi connectivity index (χ1n) is 21.1. The molecular formula is C57H34N4O2. The third kappa shape index (κ3) is 5.76. The van der Waals surface area contributed by atoms with Gasteiger partial charge in [-0.3, -0.25) is 0 Å². The Balaban J connectivity index is 0.979. The summed E-state index contributed by atoms with van der Waals surface area (Å²) in [5.41, 5.74) is 13.5. The van der Waals surface area contributed by atoms with Crippen molar-refractivity contribution in [3.8, 4) is 62.1 Å². The molecular weight excluding hydrogens is 773 g/mol. The molecule has 0 aliphatic rings. The summed E-state index contributed by atoms with van der Waals surface area (Å²) in [5.74, 6) is 1.66. The molecule has 6 nitrogen and oxygen atoms in total. The smallest absolute Gasteiger partial charge is 0.164 e. The summed E-state index contributed by atoms with van der Waals surface area (Å²) in [6.45, 7) is 0. The standard InChI is InChI=1S/C57H34N4O2/c1-3-13-35(14-4-1)36-23-25-38(26-24-36)55-58-56(60-57(59-55)40-31-46(37-15-5-2-6-16-37)54-45-19-9-12-22-50(45)63-53(54)33-40)39-27-29-44-47-34-41(28-30-51(47)62-52(44)32-39)61-48-20-10-7-17-42(48)43-18-8-11-21-49(43)61/h1-34H. The second kappa shape index (κ2) is 14.0. The molecule has 9 aromatic carbocycles. The fourth-order valence-electron chi connectivity index (χ4n) is 9.28. The van der Waals surface area contributed by atoms with E-state index >= 15 is 0 Å². The van der Waals surface area contributed by atoms with Gasteiger partial charge in [0.05, 0.1) is 11.0 Å². The number of para-hydroxylation sites is 3. The molecule has 13 rings (SSSR count). The van der Waals surface area contributed by atoms with Crippen LogP contribution in [-0.4, -0.2) is 19.5 Å². The minimum absolute atomic E-state index is 0.543. The second-order valence-electron chi connectivity index (χ2n) is 16.0. The minimum Gasteiger partial charge on any atom is -0.456 e. The first kappa shape index (κ1) is 35.2. The minimum atomic E-state index is 0.543. The van der Waals surface area contributed by atoms with Crippen LogP contribution in [-0.2, 0) is 0 Å². The zero-order chi connectivity index (χ0) is 41.4. The normalized spacial score (nSPS) is 11.8. The van der Waals surface area contributed by atoms with Gasteiger partial charge in [-0.1, -0.05) is 146 Å². The van der Waals surface area contributed by atoms with E-state index in [0.717, 1.165) is 88.5 Å². The molecule has 0 bridgehead atoms. The van der Waals surface area contributed by atoms with Gasteiger partial charge in [0.2, 0.25) is 0 Å². The van der Waals surface area contributed by atoms with Gasteiger partial charge in [-0.25, -0.2) is 15.0 Å². The predicted octanol–water partition coefficient (Wildman–Crippen LogP) is 15.1. The highest BCUT2D eigenvalue weighted by molar-refractivity contribution is 6.14. The zero-order valence-electron chi connectivity index (χ0n) is 33.7. The topological polar surface area (TPSA) is 69.9 Å². The van der Waals surface area contributed by atoms with Crippen molar-refractivity contribution in [2.24, 2.45) is 0 Å². The molecule has 0 aliphatic heterocycles. The number of hydrogen-bond donors (Lipinski definition) is 0. The SMILES string of the molecule is c1ccc(-c2ccc(-c3nc(-c4ccc5c(c4)oc4ccc(-n6c7ccccc7c7ccccc76)cc45)nc(-c4cc(-c5ccccc5)c5c(c4)oc4ccccc45)n3)cc2)cc1. The van der Waals surface area contributed by atoms with E-state index in [1.165, 1.54) is 21.8 Å². The van der Waals surface area contributed by atoms with Crippen LogP contribution in [0.15, 0.2) is 215 Å². The van der Waals surface area contributed by atoms with Gasteiger partial charge >= 0.3 is 0 Å². The van der Waals surface area contributed by atoms with E-state index in [-0.39, 0.29) is 0 Å². The van der Waals surface area contributed by atoms with Gasteiger partial charge in [0.1, 0.15) is 22.3 Å². The summed E-state index contributed by atoms with van der Waals surface area (Å²) in [4.78, 5) is 15.6. The van der Waals surface area contributed by atoms with Crippen molar-refractivity contribution in [3.05, 3.63) is 206 Å². The van der Waals surface area contributed by atoms with Crippen LogP contribution in [0.25, 0.3) is 128 Å². The van der Waals surface area contributed by atoms with Gasteiger partial charge in [0.25, 0.3) is 0 Å². The van der Waals surface area contributed by atoms with E-state index in [1.54, 1.807) is 0 Å². The maximum atomic E-state index is 6.60. The number of furan rings is 2. The van der Waals surface area contributed by atoms with E-state index in [1.807, 2.05) is 24.3 Å². The Morgan fingerprint density at radius 2 is 0.825 bits per heavy atom. The molecule has 0 N–H and O–H groups in total. The van der Waals surface area contributed by atoms with Gasteiger partial charge in [0, 0.05) is 54.7 Å². The highest BCUT2D eigenvalue weighted by atomic mass is 16.3. The van der Waals surface area contributed by atoms with Gasteiger partial charge in [-0.2, -0.15) is 0 Å². The summed E-state index contributed by atoms with van der Waals surface area (Å²) in [7, 11) is 0. The van der Waals surface area contributed by atoms with Crippen LogP contribution in [0.5, 0.6) is 0 Å². The van der Waals surface area contributed by atoms with Crippen LogP contribution in [0.4, 0.5) is 0 Å². The third-order valence-corrected chi connectivity index (χ3v) is 12.3. The van der Waals surface area contributed by atoms with Gasteiger partial charge in [-0.05, 0) is 82.9 Å². The number of nitrogens with zero attached hydrogens (tertiary/aromatic N) is 4. The van der Waals surface area contributed by atoms with E-state index in [2.05, 4.69) is 187 Å². The molecule has 0 radical (unpaired) electrons. The quantitative estimate of drug-likeness (QED) is 0.167. The number of hydrogen-bond acceptors (Lipinski definition) is 5. The van der Waals surface area contributed by atoms with E-state index in [4.69, 9.17) is 23.8 Å². The Morgan fingerprint density at radius 3 is 1.56 bits per heavy atom. The second-order valence-corrected chi connectivity index (χ2v) is 16.0. The molecule has 4 heterocycles. The molecule has 0 spiro atoms. The van der Waals surface area contributed by atoms with Crippen LogP contribution in [0, 0.1) is 0 Å². The molecule has 0 saturated carbocycles. The van der Waals surface area contributed by atoms with Crippen molar-refractivity contribution in [1.29, 1.82) is 0 Å². The molecule has 0 amide bonds. The lowest BCUT2D eigenvalue weighted by atomic mass is 9.97. The molecule has 294 valence electrons. The summed E-state index contributed by atoms with van der Waals surface area (Å²) < 4.78 is 15.5. The number of fused-ring (bicyclic) bond motifs is 9. The Hall–Kier alpha value is -8.61. The van der Waals surface area contributed by atoms with Gasteiger partial charge in [0.15, 0.2) is 17.5 Å². The van der Waals surface area contributed by atoms with E-state index in [0.29, 0.717) is 17.5 Å². The monoisotopic (exact) mass is 806 g/mol. The van der Waals surface area contributed by atoms with Crippen molar-refractivity contribution in [3.63, 3.8) is 0 Å². The van der Waals surface area contributed by atoms with Gasteiger partial charge in [-0.15, -0.1) is 0 Å². The van der Waals surface area contributed by atoms with Crippen molar-refractivity contribution in [2.75, 3.05) is 0 Å². The van der Waals surface area contributed by atoms with E-state index in [9.17, 15) is 0 Å². The Bertz CT molecular complexity index is 3850. The summed E-state index contributed by atoms with van der Waals surface area (Å²) in [5, 5.41) is 6.64. The fourth-order valence-corrected chi connectivity index (χ4v) is 9.28. The number of rotatable bonds is 6. The average molecular weight is 807 g/mol. The lowest BCUT2D eigenvalue weighted by molar-refractivity contribution is 0.668. The summed E-state index contributed by atoms with van der Waals surface area (Å²) >= 11 is 0. The first-order chi connectivity index (χ1) is 31.2. The van der Waals surface area contributed by atoms with Gasteiger partial charge < -0.3 is 13.4 Å². The van der Waals surface area contributed by atoms with Crippen LogP contribution < -0.4 is 0 Å². The van der Waals surface area contributed by atoms with Crippen molar-refractivity contribution in [1.82, 2.24) is 19.5 Å². The molecule has 0 atom stereocenters. The Morgan fingerprint density at radius 1 is 0.302 bits per heavy atom. The van der Waals surface area contributed by atoms with Crippen molar-refractivity contribution in [2.45, 2.75) is 0 Å². The zero-order valence-corrected chi connectivity index (χ0v) is 33.7. The maximum Gasteiger partial charge on any atom is 0.164 e. The Labute approximate surface area is 361 Å². The number of aromatic nitrogens is 4. The van der Waals surface area contributed by atoms with Crippen LogP contribution >= 0.6 is 0 Å². The molecule has 4 aromatic heterocycles. The largest absolute Gasteiger partial charge is 0.456 e. The van der Waals surface area contributed by atoms with Crippen LogP contribution in [0.1, 0.15) is 0 Å². The molecule has 0 saturated heterocycles. The highest BCUT2D eigenvalue weighted by Crippen LogP contribution is 2.41. The molecule has 0 aliphatic carbocycles. The molecule has 13 aromatic rings. The average Bonchev–Trinajstić information content (AvgIpc) is 4.03. The van der Waals surface area contributed by atoms with Crippen molar-refractivity contribution >= 4 is 65.7 Å². The fraction of sp³-hybridized carbons (Fsp3) is 0. The van der Waals surface area contributed by atoms with Crippen LogP contribution in [0.3, 0.4) is 0 Å². The maximum absolute atomic E-state index is 6.60. The van der Waals surface area contributed by atoms with Crippen molar-refractivity contribution < 1.29 is 8.83 Å². The summed E-state index contributed by atoms with van der Waals surface area (Å²) in [6.07, 6.45) is 0. The summed E-state index contributed by atoms with van der Waals surface area (Å²) in [6, 6.07) is 71.5. The highest BCUT2D eigenvalue weighted by Gasteiger charge is 2.20. The predicted molar refractivity (Wildman–Crippen MR) is 256 cm³/mol. The molecule has 63 heavy (non-hydrogen) atoms. The molecule has 0 unspecified atom stereocenters. The molecule has 0 fully saturated rings. The number of benzene rings is 9. The first-order valence-corrected chi connectivity index (χ1v) is 21.1. The van der Waals surface area contributed by atoms with E-state index < -0.39 is 0 Å². The lowest BCUT2D eigenvalue weighted by Crippen LogP contribution is -2.00. The molecule has 6 heteroatoms.